The summed E-state index contributed by atoms with van der Waals surface area (Å²) in [4.78, 5) is 5.02. The van der Waals surface area contributed by atoms with Crippen LogP contribution in [0.4, 0.5) is 0 Å². The average Bonchev–Trinajstić information content (AvgIpc) is 2.60. The summed E-state index contributed by atoms with van der Waals surface area (Å²) in [5.41, 5.74) is 0.718. The molecule has 0 bridgehead atoms. The zero-order chi connectivity index (χ0) is 12.3. The summed E-state index contributed by atoms with van der Waals surface area (Å²) in [5.74, 6) is 0.977. The molecular weight excluding hydrogens is 208 g/mol. The summed E-state index contributed by atoms with van der Waals surface area (Å²) in [7, 11) is 4.35. The van der Waals surface area contributed by atoms with Gasteiger partial charge in [0, 0.05) is 6.54 Å². The van der Waals surface area contributed by atoms with E-state index in [1.54, 1.807) is 0 Å². The van der Waals surface area contributed by atoms with Crippen molar-refractivity contribution >= 4 is 0 Å². The minimum atomic E-state index is 0.718. The van der Waals surface area contributed by atoms with E-state index >= 15 is 0 Å². The van der Waals surface area contributed by atoms with E-state index in [1.165, 1.54) is 64.7 Å². The first-order chi connectivity index (χ1) is 8.10. The summed E-state index contributed by atoms with van der Waals surface area (Å²) in [5, 5.41) is 0. The molecule has 2 fully saturated rings. The summed E-state index contributed by atoms with van der Waals surface area (Å²) in [6.07, 6.45) is 8.76. The first-order valence-corrected chi connectivity index (χ1v) is 7.47. The molecule has 0 aromatic heterocycles. The van der Waals surface area contributed by atoms with Gasteiger partial charge < -0.3 is 9.80 Å². The van der Waals surface area contributed by atoms with Gasteiger partial charge in [-0.1, -0.05) is 19.8 Å². The summed E-state index contributed by atoms with van der Waals surface area (Å²) >= 11 is 0. The molecule has 0 amide bonds. The molecular formula is C15H30N2. The molecule has 1 aliphatic heterocycles. The van der Waals surface area contributed by atoms with Crippen molar-refractivity contribution in [2.45, 2.75) is 45.4 Å². The van der Waals surface area contributed by atoms with E-state index in [9.17, 15) is 0 Å². The molecule has 2 atom stereocenters. The van der Waals surface area contributed by atoms with Crippen molar-refractivity contribution in [3.63, 3.8) is 0 Å². The number of nitrogens with zero attached hydrogens (tertiary/aromatic N) is 2. The van der Waals surface area contributed by atoms with Gasteiger partial charge in [0.05, 0.1) is 0 Å². The number of likely N-dealkylation sites (tertiary alicyclic amines) is 1. The third kappa shape index (κ3) is 3.69. The van der Waals surface area contributed by atoms with Crippen molar-refractivity contribution in [2.24, 2.45) is 11.3 Å². The second-order valence-corrected chi connectivity index (χ2v) is 6.88. The lowest BCUT2D eigenvalue weighted by atomic mass is 9.70. The lowest BCUT2D eigenvalue weighted by molar-refractivity contribution is 0.147. The number of hydrogen-bond acceptors (Lipinski definition) is 2. The molecule has 0 aromatic rings. The molecule has 17 heavy (non-hydrogen) atoms. The van der Waals surface area contributed by atoms with Crippen LogP contribution in [0.3, 0.4) is 0 Å². The summed E-state index contributed by atoms with van der Waals surface area (Å²) in [6.45, 7) is 7.76. The fourth-order valence-electron chi connectivity index (χ4n) is 3.97. The van der Waals surface area contributed by atoms with E-state index < -0.39 is 0 Å². The van der Waals surface area contributed by atoms with E-state index in [2.05, 4.69) is 30.8 Å². The van der Waals surface area contributed by atoms with Crippen LogP contribution >= 0.6 is 0 Å². The van der Waals surface area contributed by atoms with Crippen LogP contribution in [0.1, 0.15) is 45.4 Å². The number of rotatable bonds is 4. The van der Waals surface area contributed by atoms with Crippen molar-refractivity contribution < 1.29 is 0 Å². The molecule has 0 N–H and O–H groups in total. The molecule has 1 heterocycles. The minimum Gasteiger partial charge on any atom is -0.309 e. The van der Waals surface area contributed by atoms with Crippen LogP contribution in [-0.4, -0.2) is 50.1 Å². The fourth-order valence-corrected chi connectivity index (χ4v) is 3.97. The van der Waals surface area contributed by atoms with Gasteiger partial charge in [-0.2, -0.15) is 0 Å². The minimum absolute atomic E-state index is 0.718. The third-order valence-corrected chi connectivity index (χ3v) is 4.78. The van der Waals surface area contributed by atoms with Crippen LogP contribution in [0.2, 0.25) is 0 Å². The van der Waals surface area contributed by atoms with Gasteiger partial charge in [0.25, 0.3) is 0 Å². The monoisotopic (exact) mass is 238 g/mol. The van der Waals surface area contributed by atoms with Crippen LogP contribution < -0.4 is 0 Å². The van der Waals surface area contributed by atoms with E-state index in [4.69, 9.17) is 0 Å². The molecule has 0 aromatic carbocycles. The molecule has 1 spiro atoms. The topological polar surface area (TPSA) is 6.48 Å². The predicted molar refractivity (Wildman–Crippen MR) is 74.3 cm³/mol. The largest absolute Gasteiger partial charge is 0.309 e. The highest BCUT2D eigenvalue weighted by molar-refractivity contribution is 4.93. The zero-order valence-corrected chi connectivity index (χ0v) is 12.0. The highest BCUT2D eigenvalue weighted by Gasteiger charge is 2.40. The van der Waals surface area contributed by atoms with Gasteiger partial charge in [-0.05, 0) is 70.7 Å². The Morgan fingerprint density at radius 3 is 2.82 bits per heavy atom. The van der Waals surface area contributed by atoms with Crippen molar-refractivity contribution in [3.8, 4) is 0 Å². The van der Waals surface area contributed by atoms with Crippen LogP contribution in [0.5, 0.6) is 0 Å². The van der Waals surface area contributed by atoms with Crippen molar-refractivity contribution in [1.82, 2.24) is 9.80 Å². The van der Waals surface area contributed by atoms with E-state index in [0.717, 1.165) is 11.3 Å². The van der Waals surface area contributed by atoms with E-state index in [-0.39, 0.29) is 0 Å². The molecule has 2 heteroatoms. The highest BCUT2D eigenvalue weighted by atomic mass is 15.2. The normalized spacial score (nSPS) is 34.9. The van der Waals surface area contributed by atoms with Crippen molar-refractivity contribution in [1.29, 1.82) is 0 Å². The fraction of sp³-hybridized carbons (Fsp3) is 1.00. The molecule has 1 saturated heterocycles. The molecule has 0 radical (unpaired) electrons. The predicted octanol–water partition coefficient (Wildman–Crippen LogP) is 2.84. The highest BCUT2D eigenvalue weighted by Crippen LogP contribution is 2.45. The first kappa shape index (κ1) is 13.4. The Bertz CT molecular complexity index is 239. The maximum atomic E-state index is 2.72. The third-order valence-electron chi connectivity index (χ3n) is 4.78. The summed E-state index contributed by atoms with van der Waals surface area (Å²) < 4.78 is 0. The van der Waals surface area contributed by atoms with Crippen LogP contribution in [-0.2, 0) is 0 Å². The maximum Gasteiger partial charge on any atom is 0.00386 e. The van der Waals surface area contributed by atoms with Gasteiger partial charge >= 0.3 is 0 Å². The molecule has 2 nitrogen and oxygen atoms in total. The lowest BCUT2D eigenvalue weighted by Gasteiger charge is -2.37. The van der Waals surface area contributed by atoms with Gasteiger partial charge in [0.2, 0.25) is 0 Å². The Balaban J connectivity index is 1.74. The lowest BCUT2D eigenvalue weighted by Crippen LogP contribution is -2.32. The van der Waals surface area contributed by atoms with Gasteiger partial charge in [0.15, 0.2) is 0 Å². The molecule has 1 saturated carbocycles. The second kappa shape index (κ2) is 5.71. The Morgan fingerprint density at radius 1 is 1.29 bits per heavy atom. The van der Waals surface area contributed by atoms with E-state index in [0.29, 0.717) is 0 Å². The molecule has 2 aliphatic rings. The molecule has 0 unspecified atom stereocenters. The van der Waals surface area contributed by atoms with E-state index in [1.807, 2.05) is 0 Å². The molecule has 1 aliphatic carbocycles. The zero-order valence-electron chi connectivity index (χ0n) is 12.0. The Labute approximate surface area is 107 Å². The smallest absolute Gasteiger partial charge is 0.00386 e. The van der Waals surface area contributed by atoms with Crippen LogP contribution in [0, 0.1) is 11.3 Å². The van der Waals surface area contributed by atoms with Crippen molar-refractivity contribution in [2.75, 3.05) is 40.3 Å². The Kier molecular flexibility index (Phi) is 4.48. The second-order valence-electron chi connectivity index (χ2n) is 6.88. The first-order valence-electron chi connectivity index (χ1n) is 7.47. The number of hydrogen-bond donors (Lipinski definition) is 0. The van der Waals surface area contributed by atoms with Gasteiger partial charge in [-0.25, -0.2) is 0 Å². The van der Waals surface area contributed by atoms with Gasteiger partial charge in [0.1, 0.15) is 0 Å². The van der Waals surface area contributed by atoms with Gasteiger partial charge in [-0.15, -0.1) is 0 Å². The van der Waals surface area contributed by atoms with Crippen molar-refractivity contribution in [3.05, 3.63) is 0 Å². The maximum absolute atomic E-state index is 2.72. The SMILES string of the molecule is C[C@H]1CCC[C@]2(CCN(CCCN(C)C)C2)C1. The molecule has 2 rings (SSSR count). The van der Waals surface area contributed by atoms with Crippen LogP contribution in [0.15, 0.2) is 0 Å². The Morgan fingerprint density at radius 2 is 2.12 bits per heavy atom. The Hall–Kier alpha value is -0.0800. The molecule has 100 valence electrons. The van der Waals surface area contributed by atoms with Gasteiger partial charge in [-0.3, -0.25) is 0 Å². The average molecular weight is 238 g/mol. The standard InChI is InChI=1S/C15H30N2/c1-14-6-4-7-15(12-14)8-11-17(13-15)10-5-9-16(2)3/h14H,4-13H2,1-3H3/t14-,15-/m0/s1. The quantitative estimate of drug-likeness (QED) is 0.743. The summed E-state index contributed by atoms with van der Waals surface area (Å²) in [6, 6.07) is 0. The van der Waals surface area contributed by atoms with Crippen LogP contribution in [0.25, 0.3) is 0 Å².